The van der Waals surface area contributed by atoms with Gasteiger partial charge < -0.3 is 10.1 Å². The number of ether oxygens (including phenoxy) is 1. The number of anilines is 1. The standard InChI is InChI=1S/C11H12N2O2S/c1-15-6-10(14)13-11-8(5-12)7-3-2-4-9(7)16-11/h2-4,6H2,1H3,(H,13,14). The van der Waals surface area contributed by atoms with E-state index in [0.717, 1.165) is 24.8 Å². The summed E-state index contributed by atoms with van der Waals surface area (Å²) < 4.78 is 4.74. The summed E-state index contributed by atoms with van der Waals surface area (Å²) in [6.07, 6.45) is 3.09. The zero-order valence-electron chi connectivity index (χ0n) is 9.00. The van der Waals surface area contributed by atoms with Crippen LogP contribution >= 0.6 is 11.3 Å². The van der Waals surface area contributed by atoms with Gasteiger partial charge in [-0.1, -0.05) is 0 Å². The summed E-state index contributed by atoms with van der Waals surface area (Å²) >= 11 is 1.52. The largest absolute Gasteiger partial charge is 0.375 e. The molecule has 1 amide bonds. The predicted octanol–water partition coefficient (Wildman–Crippen LogP) is 1.69. The number of hydrogen-bond acceptors (Lipinski definition) is 4. The molecule has 4 nitrogen and oxygen atoms in total. The van der Waals surface area contributed by atoms with Crippen molar-refractivity contribution >= 4 is 22.2 Å². The van der Waals surface area contributed by atoms with Crippen molar-refractivity contribution in [3.63, 3.8) is 0 Å². The fraction of sp³-hybridized carbons (Fsp3) is 0.455. The second-order valence-electron chi connectivity index (χ2n) is 3.65. The van der Waals surface area contributed by atoms with Crippen LogP contribution in [0, 0.1) is 11.3 Å². The number of nitrogens with zero attached hydrogens (tertiary/aromatic N) is 1. The van der Waals surface area contributed by atoms with Crippen molar-refractivity contribution in [3.8, 4) is 6.07 Å². The molecule has 84 valence electrons. The maximum atomic E-state index is 11.4. The predicted molar refractivity (Wildman–Crippen MR) is 61.6 cm³/mol. The number of nitriles is 1. The quantitative estimate of drug-likeness (QED) is 0.868. The van der Waals surface area contributed by atoms with Crippen LogP contribution in [0.4, 0.5) is 5.00 Å². The summed E-state index contributed by atoms with van der Waals surface area (Å²) in [5, 5.41) is 12.5. The van der Waals surface area contributed by atoms with Crippen LogP contribution in [-0.4, -0.2) is 19.6 Å². The number of aryl methyl sites for hydroxylation is 1. The van der Waals surface area contributed by atoms with Crippen molar-refractivity contribution in [2.45, 2.75) is 19.3 Å². The third kappa shape index (κ3) is 1.94. The van der Waals surface area contributed by atoms with E-state index in [1.54, 1.807) is 0 Å². The van der Waals surface area contributed by atoms with Crippen molar-refractivity contribution in [1.82, 2.24) is 0 Å². The van der Waals surface area contributed by atoms with E-state index in [0.29, 0.717) is 10.6 Å². The molecule has 0 bridgehead atoms. The number of hydrogen-bond donors (Lipinski definition) is 1. The summed E-state index contributed by atoms with van der Waals surface area (Å²) in [4.78, 5) is 12.6. The highest BCUT2D eigenvalue weighted by Crippen LogP contribution is 2.38. The summed E-state index contributed by atoms with van der Waals surface area (Å²) in [6, 6.07) is 2.18. The van der Waals surface area contributed by atoms with E-state index >= 15 is 0 Å². The summed E-state index contributed by atoms with van der Waals surface area (Å²) in [6.45, 7) is 0.0213. The number of fused-ring (bicyclic) bond motifs is 1. The minimum atomic E-state index is -0.209. The van der Waals surface area contributed by atoms with Crippen molar-refractivity contribution in [1.29, 1.82) is 5.26 Å². The Labute approximate surface area is 97.8 Å². The van der Waals surface area contributed by atoms with E-state index in [2.05, 4.69) is 11.4 Å². The molecule has 0 aliphatic heterocycles. The zero-order valence-corrected chi connectivity index (χ0v) is 9.82. The van der Waals surface area contributed by atoms with E-state index in [1.807, 2.05) is 0 Å². The van der Waals surface area contributed by atoms with E-state index in [9.17, 15) is 4.79 Å². The van der Waals surface area contributed by atoms with Crippen molar-refractivity contribution in [3.05, 3.63) is 16.0 Å². The second-order valence-corrected chi connectivity index (χ2v) is 4.76. The molecule has 5 heteroatoms. The number of amides is 1. The van der Waals surface area contributed by atoms with Gasteiger partial charge in [0, 0.05) is 12.0 Å². The molecular weight excluding hydrogens is 224 g/mol. The Bertz CT molecular complexity index is 459. The molecular formula is C11H12N2O2S. The molecule has 0 aromatic carbocycles. The van der Waals surface area contributed by atoms with Crippen molar-refractivity contribution in [2.75, 3.05) is 19.0 Å². The van der Waals surface area contributed by atoms with Gasteiger partial charge in [0.1, 0.15) is 17.7 Å². The maximum Gasteiger partial charge on any atom is 0.250 e. The highest BCUT2D eigenvalue weighted by atomic mass is 32.1. The lowest BCUT2D eigenvalue weighted by Crippen LogP contribution is -2.17. The van der Waals surface area contributed by atoms with Gasteiger partial charge in [-0.2, -0.15) is 5.26 Å². The fourth-order valence-corrected chi connectivity index (χ4v) is 3.16. The van der Waals surface area contributed by atoms with Crippen LogP contribution in [0.15, 0.2) is 0 Å². The molecule has 1 aromatic heterocycles. The van der Waals surface area contributed by atoms with Gasteiger partial charge in [-0.15, -0.1) is 11.3 Å². The Morgan fingerprint density at radius 1 is 1.62 bits per heavy atom. The molecule has 16 heavy (non-hydrogen) atoms. The van der Waals surface area contributed by atoms with Gasteiger partial charge >= 0.3 is 0 Å². The molecule has 1 aromatic rings. The van der Waals surface area contributed by atoms with E-state index < -0.39 is 0 Å². The van der Waals surface area contributed by atoms with Crippen LogP contribution in [0.25, 0.3) is 0 Å². The summed E-state index contributed by atoms with van der Waals surface area (Å²) in [7, 11) is 1.47. The smallest absolute Gasteiger partial charge is 0.250 e. The highest BCUT2D eigenvalue weighted by Gasteiger charge is 2.22. The minimum Gasteiger partial charge on any atom is -0.375 e. The molecule has 0 fully saturated rings. The number of thiophene rings is 1. The van der Waals surface area contributed by atoms with Gasteiger partial charge in [0.15, 0.2) is 0 Å². The molecule has 0 saturated heterocycles. The molecule has 1 aliphatic carbocycles. The molecule has 0 spiro atoms. The number of carbonyl (C=O) groups excluding carboxylic acids is 1. The Hall–Kier alpha value is -1.38. The Morgan fingerprint density at radius 2 is 2.44 bits per heavy atom. The van der Waals surface area contributed by atoms with Crippen LogP contribution in [0.3, 0.4) is 0 Å². The number of nitrogens with one attached hydrogen (secondary N) is 1. The number of methoxy groups -OCH3 is 1. The normalized spacial score (nSPS) is 13.2. The van der Waals surface area contributed by atoms with Crippen LogP contribution in [0.1, 0.15) is 22.4 Å². The molecule has 1 N–H and O–H groups in total. The van der Waals surface area contributed by atoms with Gasteiger partial charge in [-0.25, -0.2) is 0 Å². The third-order valence-corrected chi connectivity index (χ3v) is 3.77. The van der Waals surface area contributed by atoms with E-state index in [1.165, 1.54) is 23.3 Å². The van der Waals surface area contributed by atoms with Crippen LogP contribution in [0.5, 0.6) is 0 Å². The average molecular weight is 236 g/mol. The number of rotatable bonds is 3. The molecule has 1 aliphatic rings. The summed E-state index contributed by atoms with van der Waals surface area (Å²) in [5.41, 5.74) is 1.77. The molecule has 0 saturated carbocycles. The lowest BCUT2D eigenvalue weighted by Gasteiger charge is -2.02. The molecule has 2 rings (SSSR count). The first-order valence-electron chi connectivity index (χ1n) is 5.09. The highest BCUT2D eigenvalue weighted by molar-refractivity contribution is 7.16. The first-order chi connectivity index (χ1) is 7.76. The summed E-state index contributed by atoms with van der Waals surface area (Å²) in [5.74, 6) is -0.209. The Balaban J connectivity index is 2.22. The monoisotopic (exact) mass is 236 g/mol. The SMILES string of the molecule is COCC(=O)Nc1sc2c(c1C#N)CCC2. The lowest BCUT2D eigenvalue weighted by atomic mass is 10.1. The molecule has 0 atom stereocenters. The Morgan fingerprint density at radius 3 is 3.12 bits per heavy atom. The maximum absolute atomic E-state index is 11.4. The molecule has 0 unspecified atom stereocenters. The van der Waals surface area contributed by atoms with E-state index in [4.69, 9.17) is 10.00 Å². The van der Waals surface area contributed by atoms with Crippen LogP contribution < -0.4 is 5.32 Å². The fourth-order valence-electron chi connectivity index (χ4n) is 1.90. The van der Waals surface area contributed by atoms with Crippen molar-refractivity contribution < 1.29 is 9.53 Å². The first-order valence-corrected chi connectivity index (χ1v) is 5.91. The number of carbonyl (C=O) groups is 1. The second kappa shape index (κ2) is 4.64. The van der Waals surface area contributed by atoms with Gasteiger partial charge in [-0.05, 0) is 24.8 Å². The minimum absolute atomic E-state index is 0.0213. The molecule has 0 radical (unpaired) electrons. The van der Waals surface area contributed by atoms with Crippen LogP contribution in [-0.2, 0) is 22.4 Å². The van der Waals surface area contributed by atoms with E-state index in [-0.39, 0.29) is 12.5 Å². The topological polar surface area (TPSA) is 62.1 Å². The zero-order chi connectivity index (χ0) is 11.5. The van der Waals surface area contributed by atoms with Gasteiger partial charge in [0.2, 0.25) is 0 Å². The van der Waals surface area contributed by atoms with Crippen LogP contribution in [0.2, 0.25) is 0 Å². The van der Waals surface area contributed by atoms with Gasteiger partial charge in [0.25, 0.3) is 5.91 Å². The average Bonchev–Trinajstić information content (AvgIpc) is 2.77. The first kappa shape index (κ1) is 11.1. The third-order valence-electron chi connectivity index (χ3n) is 2.56. The van der Waals surface area contributed by atoms with Gasteiger partial charge in [0.05, 0.1) is 5.56 Å². The van der Waals surface area contributed by atoms with Gasteiger partial charge in [-0.3, -0.25) is 4.79 Å². The Kier molecular flexibility index (Phi) is 3.22. The van der Waals surface area contributed by atoms with Crippen molar-refractivity contribution in [2.24, 2.45) is 0 Å². The lowest BCUT2D eigenvalue weighted by molar-refractivity contribution is -0.119. The molecule has 1 heterocycles.